The van der Waals surface area contributed by atoms with Gasteiger partial charge < -0.3 is 26.0 Å². The van der Waals surface area contributed by atoms with Gasteiger partial charge >= 0.3 is 6.09 Å². The van der Waals surface area contributed by atoms with Crippen molar-refractivity contribution in [1.29, 1.82) is 0 Å². The maximum Gasteiger partial charge on any atom is 0.408 e. The Balaban J connectivity index is 1.99. The molecule has 1 aliphatic rings. The highest BCUT2D eigenvalue weighted by Gasteiger charge is 2.42. The van der Waals surface area contributed by atoms with Crippen LogP contribution in [0.4, 0.5) is 4.79 Å². The van der Waals surface area contributed by atoms with Crippen molar-refractivity contribution in [2.24, 2.45) is 5.73 Å². The summed E-state index contributed by atoms with van der Waals surface area (Å²) in [6, 6.07) is 14.1. The van der Waals surface area contributed by atoms with Crippen molar-refractivity contribution >= 4 is 29.9 Å². The van der Waals surface area contributed by atoms with Crippen LogP contribution in [0.2, 0.25) is 0 Å². The van der Waals surface area contributed by atoms with Gasteiger partial charge in [0, 0.05) is 12.6 Å². The summed E-state index contributed by atoms with van der Waals surface area (Å²) in [6.07, 6.45) is 2.63. The Kier molecular flexibility index (Phi) is 9.87. The minimum Gasteiger partial charge on any atom is -0.444 e. The third kappa shape index (κ3) is 8.43. The highest BCUT2D eigenvalue weighted by molar-refractivity contribution is 5.94. The van der Waals surface area contributed by atoms with Crippen molar-refractivity contribution in [2.75, 3.05) is 0 Å². The molecule has 1 fully saturated rings. The zero-order chi connectivity index (χ0) is 28.6. The molecule has 208 valence electrons. The van der Waals surface area contributed by atoms with Gasteiger partial charge in [-0.1, -0.05) is 61.2 Å². The molecule has 4 amide bonds. The van der Waals surface area contributed by atoms with E-state index in [9.17, 15) is 19.2 Å². The number of rotatable bonds is 11. The van der Waals surface area contributed by atoms with Crippen LogP contribution in [0.3, 0.4) is 0 Å². The lowest BCUT2D eigenvalue weighted by atomic mass is 9.87. The summed E-state index contributed by atoms with van der Waals surface area (Å²) in [4.78, 5) is 54.0. The van der Waals surface area contributed by atoms with Crippen LogP contribution in [0.15, 0.2) is 61.2 Å². The predicted molar refractivity (Wildman–Crippen MR) is 149 cm³/mol. The summed E-state index contributed by atoms with van der Waals surface area (Å²) in [6.45, 7) is 9.17. The fraction of sp³-hybridized carbons (Fsp3) is 0.400. The van der Waals surface area contributed by atoms with Gasteiger partial charge in [-0.3, -0.25) is 14.4 Å². The van der Waals surface area contributed by atoms with Gasteiger partial charge in [0.2, 0.25) is 17.7 Å². The highest BCUT2D eigenvalue weighted by Crippen LogP contribution is 2.34. The second-order valence-corrected chi connectivity index (χ2v) is 10.7. The summed E-state index contributed by atoms with van der Waals surface area (Å²) in [5.74, 6) is -1.72. The van der Waals surface area contributed by atoms with Gasteiger partial charge in [0.25, 0.3) is 0 Å². The Bertz CT molecular complexity index is 1190. The minimum absolute atomic E-state index is 0.256. The number of amides is 4. The highest BCUT2D eigenvalue weighted by atomic mass is 16.6. The molecule has 9 nitrogen and oxygen atoms in total. The fourth-order valence-corrected chi connectivity index (χ4v) is 4.39. The average molecular weight is 535 g/mol. The molecule has 1 saturated carbocycles. The van der Waals surface area contributed by atoms with Gasteiger partial charge in [0.15, 0.2) is 0 Å². The maximum atomic E-state index is 14.1. The number of hydrogen-bond donors (Lipinski definition) is 3. The van der Waals surface area contributed by atoms with E-state index in [2.05, 4.69) is 17.2 Å². The topological polar surface area (TPSA) is 131 Å². The molecular weight excluding hydrogens is 496 g/mol. The second-order valence-electron chi connectivity index (χ2n) is 10.7. The maximum absolute atomic E-state index is 14.1. The van der Waals surface area contributed by atoms with Gasteiger partial charge in [-0.25, -0.2) is 4.79 Å². The zero-order valence-corrected chi connectivity index (χ0v) is 22.8. The van der Waals surface area contributed by atoms with E-state index >= 15 is 0 Å². The van der Waals surface area contributed by atoms with Crippen LogP contribution < -0.4 is 16.4 Å². The van der Waals surface area contributed by atoms with Gasteiger partial charge in [-0.15, -0.1) is 0 Å². The van der Waals surface area contributed by atoms with Crippen LogP contribution in [-0.2, 0) is 25.7 Å². The molecule has 4 N–H and O–H groups in total. The molecule has 0 aromatic heterocycles. The number of benzene rings is 2. The molecule has 2 unspecified atom stereocenters. The molecule has 39 heavy (non-hydrogen) atoms. The molecule has 0 bridgehead atoms. The standard InChI is InChI=1S/C30H38N4O5/c1-5-20-13-9-14-22(17-20)26(27(36)32-19-21-11-7-6-8-12-21)34(23-15-10-16-23)28(37)24(18-25(31)35)33-29(38)39-30(2,3)4/h5-9,11-14,17,23-24,26H,1,10,15-16,18-19H2,2-4H3,(H2,31,35)(H,32,36)(H,33,38). The van der Waals surface area contributed by atoms with Crippen molar-refractivity contribution in [3.05, 3.63) is 77.9 Å². The smallest absolute Gasteiger partial charge is 0.408 e. The number of carbonyl (C=O) groups excluding carboxylic acids is 4. The van der Waals surface area contributed by atoms with Gasteiger partial charge in [-0.2, -0.15) is 0 Å². The van der Waals surface area contributed by atoms with E-state index in [4.69, 9.17) is 10.5 Å². The Morgan fingerprint density at radius 2 is 1.79 bits per heavy atom. The number of alkyl carbamates (subject to hydrolysis) is 1. The number of nitrogens with one attached hydrogen (secondary N) is 2. The van der Waals surface area contributed by atoms with Gasteiger partial charge in [0.1, 0.15) is 17.7 Å². The molecule has 0 spiro atoms. The summed E-state index contributed by atoms with van der Waals surface area (Å²) in [5, 5.41) is 5.48. The van der Waals surface area contributed by atoms with Crippen molar-refractivity contribution in [3.63, 3.8) is 0 Å². The Morgan fingerprint density at radius 1 is 1.10 bits per heavy atom. The zero-order valence-electron chi connectivity index (χ0n) is 22.8. The molecule has 3 rings (SSSR count). The number of carbonyl (C=O) groups is 4. The summed E-state index contributed by atoms with van der Waals surface area (Å²) in [5.41, 5.74) is 6.93. The lowest BCUT2D eigenvalue weighted by Gasteiger charge is -2.43. The largest absolute Gasteiger partial charge is 0.444 e. The first-order valence-electron chi connectivity index (χ1n) is 13.1. The van der Waals surface area contributed by atoms with Crippen LogP contribution in [0.1, 0.15) is 69.2 Å². The summed E-state index contributed by atoms with van der Waals surface area (Å²) in [7, 11) is 0. The average Bonchev–Trinajstić information content (AvgIpc) is 2.84. The normalized spacial score (nSPS) is 14.7. The van der Waals surface area contributed by atoms with E-state index in [1.165, 1.54) is 4.90 Å². The molecular formula is C30H38N4O5. The molecule has 2 atom stereocenters. The lowest BCUT2D eigenvalue weighted by Crippen LogP contribution is -2.58. The fourth-order valence-electron chi connectivity index (χ4n) is 4.39. The van der Waals surface area contributed by atoms with E-state index in [0.29, 0.717) is 18.4 Å². The first-order chi connectivity index (χ1) is 18.5. The molecule has 2 aromatic carbocycles. The number of primary amides is 1. The van der Waals surface area contributed by atoms with E-state index < -0.39 is 42.0 Å². The first kappa shape index (κ1) is 29.4. The van der Waals surface area contributed by atoms with Crippen LogP contribution >= 0.6 is 0 Å². The third-order valence-electron chi connectivity index (χ3n) is 6.42. The van der Waals surface area contributed by atoms with Crippen LogP contribution in [0, 0.1) is 0 Å². The number of nitrogens with two attached hydrogens (primary N) is 1. The second kappa shape index (κ2) is 13.1. The Labute approximate surface area is 229 Å². The monoisotopic (exact) mass is 534 g/mol. The molecule has 2 aromatic rings. The van der Waals surface area contributed by atoms with Crippen LogP contribution in [0.25, 0.3) is 6.08 Å². The number of nitrogens with zero attached hydrogens (tertiary/aromatic N) is 1. The van der Waals surface area contributed by atoms with Gasteiger partial charge in [-0.05, 0) is 62.8 Å². The number of hydrogen-bond acceptors (Lipinski definition) is 5. The lowest BCUT2D eigenvalue weighted by molar-refractivity contribution is -0.148. The Hall–Kier alpha value is -4.14. The molecule has 0 heterocycles. The first-order valence-corrected chi connectivity index (χ1v) is 13.1. The van der Waals surface area contributed by atoms with Crippen LogP contribution in [0.5, 0.6) is 0 Å². The molecule has 0 aliphatic heterocycles. The number of ether oxygens (including phenoxy) is 1. The quantitative estimate of drug-likeness (QED) is 0.403. The molecule has 9 heteroatoms. The predicted octanol–water partition coefficient (Wildman–Crippen LogP) is 3.84. The van der Waals surface area contributed by atoms with E-state index in [0.717, 1.165) is 17.5 Å². The van der Waals surface area contributed by atoms with Crippen LogP contribution in [-0.4, -0.2) is 46.4 Å². The van der Waals surface area contributed by atoms with Crippen molar-refractivity contribution in [2.45, 2.75) is 76.7 Å². The van der Waals surface area contributed by atoms with E-state index in [-0.39, 0.29) is 18.5 Å². The molecule has 0 radical (unpaired) electrons. The Morgan fingerprint density at radius 3 is 2.36 bits per heavy atom. The molecule has 1 aliphatic carbocycles. The third-order valence-corrected chi connectivity index (χ3v) is 6.42. The van der Waals surface area contributed by atoms with Gasteiger partial charge in [0.05, 0.1) is 6.42 Å². The van der Waals surface area contributed by atoms with Crippen molar-refractivity contribution < 1.29 is 23.9 Å². The summed E-state index contributed by atoms with van der Waals surface area (Å²) < 4.78 is 5.33. The van der Waals surface area contributed by atoms with Crippen molar-refractivity contribution in [3.8, 4) is 0 Å². The summed E-state index contributed by atoms with van der Waals surface area (Å²) >= 11 is 0. The minimum atomic E-state index is -1.30. The SMILES string of the molecule is C=Cc1cccc(C(C(=O)NCc2ccccc2)N(C(=O)C(CC(N)=O)NC(=O)OC(C)(C)C)C2CCC2)c1. The van der Waals surface area contributed by atoms with Crippen molar-refractivity contribution in [1.82, 2.24) is 15.5 Å². The van der Waals surface area contributed by atoms with E-state index in [1.807, 2.05) is 42.5 Å². The van der Waals surface area contributed by atoms with E-state index in [1.54, 1.807) is 39.0 Å². The molecule has 0 saturated heterocycles.